The summed E-state index contributed by atoms with van der Waals surface area (Å²) in [4.78, 5) is 40.1. The molecule has 12 heteroatoms. The molecule has 0 aromatic heterocycles. The highest BCUT2D eigenvalue weighted by atomic mass is 33.1. The first-order chi connectivity index (χ1) is 20.1. The molecule has 0 bridgehead atoms. The van der Waals surface area contributed by atoms with Gasteiger partial charge in [0.15, 0.2) is 11.8 Å². The molecule has 1 aliphatic rings. The Morgan fingerprint density at radius 2 is 1.43 bits per heavy atom. The summed E-state index contributed by atoms with van der Waals surface area (Å²) in [5.74, 6) is -1.64. The van der Waals surface area contributed by atoms with Gasteiger partial charge < -0.3 is 19.5 Å². The molecular weight excluding hydrogens is 580 g/mol. The molecule has 1 aliphatic heterocycles. The standard InChI is InChI=1S/C30H30N2O8S2/c1-19(38-3)26(30(35)40-27(21-11-7-5-8-12-21)22-13-9-6-10-14-22)32-28(34)25(31-20(2)33)29(32)41-42(36,37)24-17-15-23(39-4)16-18-24/h5-18,25,27,29H,1-4H3,(H,31,33). The molecule has 0 spiro atoms. The maximum Gasteiger partial charge on any atom is 0.359 e. The van der Waals surface area contributed by atoms with E-state index in [0.717, 1.165) is 4.90 Å². The van der Waals surface area contributed by atoms with Crippen LogP contribution in [0.2, 0.25) is 0 Å². The number of hydrogen-bond acceptors (Lipinski definition) is 9. The second kappa shape index (κ2) is 13.1. The van der Waals surface area contributed by atoms with Crippen LogP contribution in [0.3, 0.4) is 0 Å². The second-order valence-corrected chi connectivity index (χ2v) is 13.2. The summed E-state index contributed by atoms with van der Waals surface area (Å²) >= 11 is 0. The maximum absolute atomic E-state index is 13.8. The number of likely N-dealkylation sites (tertiary alicyclic amines) is 1. The minimum absolute atomic E-state index is 0.0296. The Labute approximate surface area is 248 Å². The average molecular weight is 611 g/mol. The number of carbonyl (C=O) groups is 3. The fraction of sp³-hybridized carbons (Fsp3) is 0.233. The average Bonchev–Trinajstić information content (AvgIpc) is 3.00. The van der Waals surface area contributed by atoms with E-state index in [1.54, 1.807) is 24.3 Å². The number of hydrogen-bond donors (Lipinski definition) is 1. The van der Waals surface area contributed by atoms with E-state index in [1.807, 2.05) is 36.4 Å². The van der Waals surface area contributed by atoms with Crippen LogP contribution in [0, 0.1) is 0 Å². The van der Waals surface area contributed by atoms with Crippen molar-refractivity contribution < 1.29 is 37.0 Å². The molecule has 10 nitrogen and oxygen atoms in total. The first-order valence-electron chi connectivity index (χ1n) is 12.8. The number of nitrogens with zero attached hydrogens (tertiary/aromatic N) is 1. The Bertz CT molecular complexity index is 1540. The third-order valence-electron chi connectivity index (χ3n) is 6.48. The first-order valence-corrected chi connectivity index (χ1v) is 15.7. The first kappa shape index (κ1) is 30.7. The smallest absolute Gasteiger partial charge is 0.359 e. The van der Waals surface area contributed by atoms with Gasteiger partial charge in [0.2, 0.25) is 14.8 Å². The lowest BCUT2D eigenvalue weighted by Crippen LogP contribution is -2.69. The monoisotopic (exact) mass is 610 g/mol. The molecule has 0 aliphatic carbocycles. The van der Waals surface area contributed by atoms with E-state index in [1.165, 1.54) is 52.3 Å². The largest absolute Gasteiger partial charge is 0.499 e. The molecule has 1 heterocycles. The molecule has 220 valence electrons. The van der Waals surface area contributed by atoms with Crippen molar-refractivity contribution in [3.63, 3.8) is 0 Å². The van der Waals surface area contributed by atoms with Crippen molar-refractivity contribution in [2.24, 2.45) is 0 Å². The fourth-order valence-corrected chi connectivity index (χ4v) is 7.80. The van der Waals surface area contributed by atoms with Gasteiger partial charge in [-0.3, -0.25) is 14.5 Å². The second-order valence-electron chi connectivity index (χ2n) is 9.22. The number of benzene rings is 3. The van der Waals surface area contributed by atoms with Crippen LogP contribution in [0.5, 0.6) is 5.75 Å². The van der Waals surface area contributed by atoms with E-state index in [9.17, 15) is 22.8 Å². The normalized spacial score (nSPS) is 17.2. The van der Waals surface area contributed by atoms with Gasteiger partial charge >= 0.3 is 5.97 Å². The van der Waals surface area contributed by atoms with Crippen molar-refractivity contribution >= 4 is 37.4 Å². The van der Waals surface area contributed by atoms with E-state index in [2.05, 4.69) is 5.32 Å². The molecule has 1 N–H and O–H groups in total. The molecule has 0 radical (unpaired) electrons. The molecule has 3 aromatic carbocycles. The lowest BCUT2D eigenvalue weighted by molar-refractivity contribution is -0.154. The molecule has 4 rings (SSSR count). The SMILES string of the molecule is COC(C)=C(C(=O)OC(c1ccccc1)c1ccccc1)N1C(=O)C(NC(C)=O)C1SS(=O)(=O)c1ccc(OC)cc1. The highest BCUT2D eigenvalue weighted by molar-refractivity contribution is 8.72. The van der Waals surface area contributed by atoms with E-state index >= 15 is 0 Å². The van der Waals surface area contributed by atoms with Gasteiger partial charge in [0, 0.05) is 17.7 Å². The van der Waals surface area contributed by atoms with Crippen LogP contribution in [0.1, 0.15) is 31.1 Å². The van der Waals surface area contributed by atoms with Crippen LogP contribution in [0.4, 0.5) is 0 Å². The van der Waals surface area contributed by atoms with E-state index in [-0.39, 0.29) is 16.4 Å². The number of rotatable bonds is 11. The molecule has 2 atom stereocenters. The minimum atomic E-state index is -4.07. The van der Waals surface area contributed by atoms with Gasteiger partial charge in [-0.25, -0.2) is 13.2 Å². The van der Waals surface area contributed by atoms with Crippen molar-refractivity contribution in [3.8, 4) is 5.75 Å². The summed E-state index contributed by atoms with van der Waals surface area (Å²) in [6.07, 6.45) is -0.837. The van der Waals surface area contributed by atoms with E-state index < -0.39 is 44.2 Å². The number of β-lactam (4-membered cyclic amide) rings is 1. The van der Waals surface area contributed by atoms with Crippen LogP contribution in [-0.2, 0) is 32.7 Å². The summed E-state index contributed by atoms with van der Waals surface area (Å²) in [5.41, 5.74) is 1.10. The topological polar surface area (TPSA) is 128 Å². The zero-order chi connectivity index (χ0) is 30.4. The van der Waals surface area contributed by atoms with Gasteiger partial charge in [0.25, 0.3) is 5.91 Å². The fourth-order valence-electron chi connectivity index (χ4n) is 4.34. The zero-order valence-corrected chi connectivity index (χ0v) is 25.0. The van der Waals surface area contributed by atoms with Gasteiger partial charge in [-0.2, -0.15) is 0 Å². The Hall–Kier alpha value is -4.29. The number of ether oxygens (including phenoxy) is 3. The van der Waals surface area contributed by atoms with Crippen molar-refractivity contribution in [3.05, 3.63) is 108 Å². The number of allylic oxidation sites excluding steroid dienone is 1. The Kier molecular flexibility index (Phi) is 9.59. The number of carbonyl (C=O) groups excluding carboxylic acids is 3. The number of methoxy groups -OCH3 is 2. The van der Waals surface area contributed by atoms with E-state index in [0.29, 0.717) is 27.7 Å². The lowest BCUT2D eigenvalue weighted by Gasteiger charge is -2.46. The van der Waals surface area contributed by atoms with Crippen molar-refractivity contribution in [2.45, 2.75) is 36.3 Å². The van der Waals surface area contributed by atoms with Crippen LogP contribution in [0.15, 0.2) is 101 Å². The Balaban J connectivity index is 1.71. The maximum atomic E-state index is 13.8. The highest BCUT2D eigenvalue weighted by Gasteiger charge is 2.54. The van der Waals surface area contributed by atoms with Crippen LogP contribution >= 0.6 is 10.8 Å². The predicted molar refractivity (Wildman–Crippen MR) is 157 cm³/mol. The summed E-state index contributed by atoms with van der Waals surface area (Å²) in [5, 5.41) is 1.29. The van der Waals surface area contributed by atoms with E-state index in [4.69, 9.17) is 14.2 Å². The summed E-state index contributed by atoms with van der Waals surface area (Å²) in [6, 6.07) is 22.6. The Morgan fingerprint density at radius 1 is 0.881 bits per heavy atom. The van der Waals surface area contributed by atoms with Crippen LogP contribution in [-0.4, -0.2) is 56.7 Å². The van der Waals surface area contributed by atoms with Gasteiger partial charge in [-0.1, -0.05) is 60.7 Å². The van der Waals surface area contributed by atoms with Crippen molar-refractivity contribution in [2.75, 3.05) is 14.2 Å². The molecule has 0 saturated carbocycles. The molecule has 42 heavy (non-hydrogen) atoms. The van der Waals surface area contributed by atoms with Crippen molar-refractivity contribution in [1.82, 2.24) is 10.2 Å². The molecule has 2 amide bonds. The lowest BCUT2D eigenvalue weighted by atomic mass is 10.0. The summed E-state index contributed by atoms with van der Waals surface area (Å²) < 4.78 is 43.3. The number of esters is 1. The predicted octanol–water partition coefficient (Wildman–Crippen LogP) is 4.00. The summed E-state index contributed by atoms with van der Waals surface area (Å²) in [7, 11) is -0.866. The van der Waals surface area contributed by atoms with Crippen LogP contribution < -0.4 is 10.1 Å². The number of amides is 2. The van der Waals surface area contributed by atoms with Gasteiger partial charge in [-0.05, 0) is 42.3 Å². The zero-order valence-electron chi connectivity index (χ0n) is 23.3. The highest BCUT2D eigenvalue weighted by Crippen LogP contribution is 2.41. The molecule has 3 aromatic rings. The molecule has 1 fully saturated rings. The minimum Gasteiger partial charge on any atom is -0.499 e. The third-order valence-corrected chi connectivity index (χ3v) is 10.2. The third kappa shape index (κ3) is 6.60. The van der Waals surface area contributed by atoms with Gasteiger partial charge in [-0.15, -0.1) is 0 Å². The molecule has 1 saturated heterocycles. The molecule has 2 unspecified atom stereocenters. The summed E-state index contributed by atoms with van der Waals surface area (Å²) in [6.45, 7) is 2.68. The quantitative estimate of drug-likeness (QED) is 0.113. The van der Waals surface area contributed by atoms with Crippen molar-refractivity contribution in [1.29, 1.82) is 0 Å². The van der Waals surface area contributed by atoms with Gasteiger partial charge in [0.1, 0.15) is 22.9 Å². The van der Waals surface area contributed by atoms with Gasteiger partial charge in [0.05, 0.1) is 19.1 Å². The number of nitrogens with one attached hydrogen (secondary N) is 1. The molecular formula is C30H30N2O8S2. The van der Waals surface area contributed by atoms with Crippen LogP contribution in [0.25, 0.3) is 0 Å². The Morgan fingerprint density at radius 3 is 1.90 bits per heavy atom.